The van der Waals surface area contributed by atoms with Gasteiger partial charge in [-0.15, -0.1) is 0 Å². The van der Waals surface area contributed by atoms with Crippen molar-refractivity contribution in [2.75, 3.05) is 7.11 Å². The van der Waals surface area contributed by atoms with Crippen molar-refractivity contribution in [3.63, 3.8) is 0 Å². The summed E-state index contributed by atoms with van der Waals surface area (Å²) in [4.78, 5) is 11.5. The minimum atomic E-state index is -0.184. The quantitative estimate of drug-likeness (QED) is 0.764. The van der Waals surface area contributed by atoms with Crippen LogP contribution in [0.25, 0.3) is 0 Å². The molecule has 0 saturated heterocycles. The summed E-state index contributed by atoms with van der Waals surface area (Å²) in [5.74, 6) is -0.315. The van der Waals surface area contributed by atoms with E-state index in [4.69, 9.17) is 22.1 Å². The first-order valence-electron chi connectivity index (χ1n) is 5.23. The van der Waals surface area contributed by atoms with Gasteiger partial charge < -0.3 is 10.5 Å². The normalized spacial score (nSPS) is 23.7. The van der Waals surface area contributed by atoms with Crippen molar-refractivity contribution in [1.82, 2.24) is 0 Å². The smallest absolute Gasteiger partial charge is 0.309 e. The van der Waals surface area contributed by atoms with Gasteiger partial charge >= 0.3 is 5.97 Å². The Bertz CT molecular complexity index is 419. The van der Waals surface area contributed by atoms with Gasteiger partial charge in [0.2, 0.25) is 0 Å². The summed E-state index contributed by atoms with van der Waals surface area (Å²) >= 11 is 5.92. The first-order valence-corrected chi connectivity index (χ1v) is 5.61. The Balaban J connectivity index is 2.30. The Hall–Kier alpha value is -1.06. The van der Waals surface area contributed by atoms with Crippen LogP contribution in [-0.2, 0) is 16.0 Å². The molecule has 2 atom stereocenters. The Labute approximate surface area is 99.5 Å². The molecule has 0 fully saturated rings. The number of fused-ring (bicyclic) bond motifs is 1. The van der Waals surface area contributed by atoms with Crippen LogP contribution in [-0.4, -0.2) is 13.1 Å². The second kappa shape index (κ2) is 4.44. The Morgan fingerprint density at radius 3 is 3.00 bits per heavy atom. The molecule has 2 N–H and O–H groups in total. The predicted molar refractivity (Wildman–Crippen MR) is 62.2 cm³/mol. The van der Waals surface area contributed by atoms with Gasteiger partial charge in [-0.3, -0.25) is 4.79 Å². The van der Waals surface area contributed by atoms with E-state index in [1.165, 1.54) is 7.11 Å². The summed E-state index contributed by atoms with van der Waals surface area (Å²) < 4.78 is 4.76. The van der Waals surface area contributed by atoms with Crippen molar-refractivity contribution in [3.05, 3.63) is 34.3 Å². The monoisotopic (exact) mass is 239 g/mol. The largest absolute Gasteiger partial charge is 0.469 e. The molecular formula is C12H14ClNO2. The molecule has 0 amide bonds. The Morgan fingerprint density at radius 1 is 1.56 bits per heavy atom. The number of esters is 1. The van der Waals surface area contributed by atoms with Gasteiger partial charge in [0.25, 0.3) is 0 Å². The van der Waals surface area contributed by atoms with E-state index < -0.39 is 0 Å². The Morgan fingerprint density at radius 2 is 2.31 bits per heavy atom. The number of rotatable bonds is 1. The van der Waals surface area contributed by atoms with E-state index in [-0.39, 0.29) is 17.9 Å². The zero-order chi connectivity index (χ0) is 11.7. The summed E-state index contributed by atoms with van der Waals surface area (Å²) in [6.45, 7) is 0. The third-order valence-corrected chi connectivity index (χ3v) is 3.28. The number of ether oxygens (including phenoxy) is 1. The number of benzene rings is 1. The molecule has 0 heterocycles. The van der Waals surface area contributed by atoms with Crippen LogP contribution in [0.4, 0.5) is 0 Å². The van der Waals surface area contributed by atoms with Crippen LogP contribution in [0.3, 0.4) is 0 Å². The van der Waals surface area contributed by atoms with Crippen molar-refractivity contribution in [1.29, 1.82) is 0 Å². The maximum Gasteiger partial charge on any atom is 0.309 e. The van der Waals surface area contributed by atoms with E-state index in [0.717, 1.165) is 11.1 Å². The zero-order valence-corrected chi connectivity index (χ0v) is 9.83. The van der Waals surface area contributed by atoms with Crippen molar-refractivity contribution in [2.24, 2.45) is 11.7 Å². The Kier molecular flexibility index (Phi) is 3.17. The number of carbonyl (C=O) groups excluding carboxylic acids is 1. The molecule has 1 aromatic rings. The SMILES string of the molecule is COC(=O)[C@H]1Cc2ccc(Cl)cc2[C@@H](N)C1. The van der Waals surface area contributed by atoms with E-state index >= 15 is 0 Å². The van der Waals surface area contributed by atoms with Gasteiger partial charge in [-0.1, -0.05) is 17.7 Å². The molecule has 0 radical (unpaired) electrons. The van der Waals surface area contributed by atoms with Crippen LogP contribution >= 0.6 is 11.6 Å². The molecule has 0 spiro atoms. The molecule has 4 heteroatoms. The van der Waals surface area contributed by atoms with Crippen LogP contribution in [0, 0.1) is 5.92 Å². The fourth-order valence-corrected chi connectivity index (χ4v) is 2.41. The van der Waals surface area contributed by atoms with Crippen LogP contribution in [0.1, 0.15) is 23.6 Å². The highest BCUT2D eigenvalue weighted by atomic mass is 35.5. The van der Waals surface area contributed by atoms with Gasteiger partial charge in [-0.05, 0) is 36.1 Å². The third kappa shape index (κ3) is 2.06. The molecule has 0 saturated carbocycles. The van der Waals surface area contributed by atoms with E-state index in [1.807, 2.05) is 18.2 Å². The molecule has 2 rings (SSSR count). The second-order valence-electron chi connectivity index (χ2n) is 4.11. The lowest BCUT2D eigenvalue weighted by Crippen LogP contribution is -2.29. The molecule has 0 unspecified atom stereocenters. The number of hydrogen-bond donors (Lipinski definition) is 1. The first kappa shape index (κ1) is 11.4. The van der Waals surface area contributed by atoms with E-state index in [0.29, 0.717) is 17.9 Å². The fraction of sp³-hybridized carbons (Fsp3) is 0.417. The second-order valence-corrected chi connectivity index (χ2v) is 4.55. The minimum Gasteiger partial charge on any atom is -0.469 e. The average molecular weight is 240 g/mol. The van der Waals surface area contributed by atoms with E-state index in [1.54, 1.807) is 0 Å². The molecule has 0 bridgehead atoms. The fourth-order valence-electron chi connectivity index (χ4n) is 2.23. The summed E-state index contributed by atoms with van der Waals surface area (Å²) in [5, 5.41) is 0.686. The number of halogens is 1. The van der Waals surface area contributed by atoms with E-state index in [2.05, 4.69) is 0 Å². The summed E-state index contributed by atoms with van der Waals surface area (Å²) in [6, 6.07) is 5.51. The topological polar surface area (TPSA) is 52.3 Å². The van der Waals surface area contributed by atoms with E-state index in [9.17, 15) is 4.79 Å². The molecule has 86 valence electrons. The van der Waals surface area contributed by atoms with Crippen LogP contribution in [0.5, 0.6) is 0 Å². The number of nitrogens with two attached hydrogens (primary N) is 1. The predicted octanol–water partition coefficient (Wildman–Crippen LogP) is 2.08. The van der Waals surface area contributed by atoms with Crippen molar-refractivity contribution >= 4 is 17.6 Å². The number of hydrogen-bond acceptors (Lipinski definition) is 3. The molecule has 1 aliphatic rings. The molecule has 1 aliphatic carbocycles. The lowest BCUT2D eigenvalue weighted by molar-refractivity contribution is -0.146. The molecule has 0 aromatic heterocycles. The standard InChI is InChI=1S/C12H14ClNO2/c1-16-12(15)8-4-7-2-3-9(13)6-10(7)11(14)5-8/h2-3,6,8,11H,4-5,14H2,1H3/t8-,11-/m0/s1. The lowest BCUT2D eigenvalue weighted by atomic mass is 9.81. The van der Waals surface area contributed by atoms with Gasteiger partial charge in [0.1, 0.15) is 0 Å². The maximum atomic E-state index is 11.5. The highest BCUT2D eigenvalue weighted by Gasteiger charge is 2.29. The van der Waals surface area contributed by atoms with Crippen molar-refractivity contribution in [3.8, 4) is 0 Å². The molecule has 3 nitrogen and oxygen atoms in total. The average Bonchev–Trinajstić information content (AvgIpc) is 2.28. The van der Waals surface area contributed by atoms with Crippen molar-refractivity contribution in [2.45, 2.75) is 18.9 Å². The zero-order valence-electron chi connectivity index (χ0n) is 9.07. The minimum absolute atomic E-state index is 0.131. The highest BCUT2D eigenvalue weighted by Crippen LogP contribution is 2.33. The summed E-state index contributed by atoms with van der Waals surface area (Å²) in [5.41, 5.74) is 8.18. The molecule has 16 heavy (non-hydrogen) atoms. The van der Waals surface area contributed by atoms with Crippen LogP contribution in [0.2, 0.25) is 5.02 Å². The van der Waals surface area contributed by atoms with Gasteiger partial charge in [0.15, 0.2) is 0 Å². The van der Waals surface area contributed by atoms with Gasteiger partial charge in [0.05, 0.1) is 13.0 Å². The highest BCUT2D eigenvalue weighted by molar-refractivity contribution is 6.30. The molecular weight excluding hydrogens is 226 g/mol. The van der Waals surface area contributed by atoms with Crippen LogP contribution in [0.15, 0.2) is 18.2 Å². The summed E-state index contributed by atoms with van der Waals surface area (Å²) in [7, 11) is 1.41. The summed E-state index contributed by atoms with van der Waals surface area (Å²) in [6.07, 6.45) is 1.31. The molecule has 0 aliphatic heterocycles. The van der Waals surface area contributed by atoms with Crippen molar-refractivity contribution < 1.29 is 9.53 Å². The number of carbonyl (C=O) groups is 1. The number of methoxy groups -OCH3 is 1. The third-order valence-electron chi connectivity index (χ3n) is 3.05. The lowest BCUT2D eigenvalue weighted by Gasteiger charge is -2.27. The molecule has 1 aromatic carbocycles. The van der Waals surface area contributed by atoms with Gasteiger partial charge in [0, 0.05) is 11.1 Å². The van der Waals surface area contributed by atoms with Gasteiger partial charge in [-0.2, -0.15) is 0 Å². The van der Waals surface area contributed by atoms with Crippen LogP contribution < -0.4 is 5.73 Å². The maximum absolute atomic E-state index is 11.5. The van der Waals surface area contributed by atoms with Gasteiger partial charge in [-0.25, -0.2) is 0 Å². The first-order chi connectivity index (χ1) is 7.61.